The molecule has 0 heterocycles. The zero-order valence-corrected chi connectivity index (χ0v) is 13.3. The van der Waals surface area contributed by atoms with Crippen molar-refractivity contribution in [3.8, 4) is 0 Å². The van der Waals surface area contributed by atoms with Crippen molar-refractivity contribution in [1.82, 2.24) is 5.32 Å². The van der Waals surface area contributed by atoms with Gasteiger partial charge in [0.25, 0.3) is 0 Å². The molecule has 0 aliphatic heterocycles. The van der Waals surface area contributed by atoms with E-state index in [2.05, 4.69) is 17.4 Å². The molecule has 1 amide bonds. The maximum Gasteiger partial charge on any atom is 0.226 e. The van der Waals surface area contributed by atoms with Crippen LogP contribution >= 0.6 is 0 Å². The van der Waals surface area contributed by atoms with Gasteiger partial charge in [0.15, 0.2) is 5.84 Å². The van der Waals surface area contributed by atoms with Gasteiger partial charge in [0.05, 0.1) is 0 Å². The number of amidine groups is 1. The van der Waals surface area contributed by atoms with Crippen molar-refractivity contribution in [2.75, 3.05) is 0 Å². The number of rotatable bonds is 4. The fourth-order valence-corrected chi connectivity index (χ4v) is 3.87. The number of nitrogens with one attached hydrogen (secondary N) is 1. The van der Waals surface area contributed by atoms with Gasteiger partial charge in [-0.25, -0.2) is 0 Å². The van der Waals surface area contributed by atoms with E-state index in [-0.39, 0.29) is 17.2 Å². The molecule has 2 saturated carbocycles. The SMILES string of the molecule is CCC1CCC(NC(=O)C2(C)CCCC2)(C(N)=NO)CC1. The number of nitrogens with two attached hydrogens (primary N) is 1. The summed E-state index contributed by atoms with van der Waals surface area (Å²) in [5.41, 5.74) is 5.01. The van der Waals surface area contributed by atoms with Crippen molar-refractivity contribution in [1.29, 1.82) is 0 Å². The van der Waals surface area contributed by atoms with Gasteiger partial charge in [0.1, 0.15) is 5.54 Å². The minimum absolute atomic E-state index is 0.0709. The van der Waals surface area contributed by atoms with Crippen LogP contribution < -0.4 is 11.1 Å². The molecule has 0 radical (unpaired) electrons. The lowest BCUT2D eigenvalue weighted by molar-refractivity contribution is -0.131. The Bertz CT molecular complexity index is 406. The van der Waals surface area contributed by atoms with Gasteiger partial charge in [-0.1, -0.05) is 38.3 Å². The highest BCUT2D eigenvalue weighted by Crippen LogP contribution is 2.40. The van der Waals surface area contributed by atoms with Gasteiger partial charge in [-0.2, -0.15) is 0 Å². The van der Waals surface area contributed by atoms with Gasteiger partial charge >= 0.3 is 0 Å². The molecule has 0 saturated heterocycles. The Balaban J connectivity index is 2.12. The van der Waals surface area contributed by atoms with Crippen LogP contribution in [0.2, 0.25) is 0 Å². The predicted molar refractivity (Wildman–Crippen MR) is 83.1 cm³/mol. The number of hydrogen-bond acceptors (Lipinski definition) is 3. The number of carbonyl (C=O) groups excluding carboxylic acids is 1. The predicted octanol–water partition coefficient (Wildman–Crippen LogP) is 2.77. The Morgan fingerprint density at radius 2 is 1.86 bits per heavy atom. The Labute approximate surface area is 127 Å². The fraction of sp³-hybridized carbons (Fsp3) is 0.875. The van der Waals surface area contributed by atoms with E-state index in [0.717, 1.165) is 57.8 Å². The number of nitrogens with zero attached hydrogens (tertiary/aromatic N) is 1. The average Bonchev–Trinajstić information content (AvgIpc) is 2.95. The van der Waals surface area contributed by atoms with Gasteiger partial charge in [-0.15, -0.1) is 0 Å². The minimum atomic E-state index is -0.650. The number of carbonyl (C=O) groups is 1. The Hall–Kier alpha value is -1.26. The Morgan fingerprint density at radius 3 is 2.33 bits per heavy atom. The van der Waals surface area contributed by atoms with E-state index in [4.69, 9.17) is 10.9 Å². The van der Waals surface area contributed by atoms with Gasteiger partial charge < -0.3 is 16.3 Å². The van der Waals surface area contributed by atoms with Crippen LogP contribution in [-0.4, -0.2) is 22.5 Å². The van der Waals surface area contributed by atoms with E-state index in [9.17, 15) is 4.79 Å². The summed E-state index contributed by atoms with van der Waals surface area (Å²) in [5.74, 6) is 0.914. The molecule has 2 aliphatic rings. The van der Waals surface area contributed by atoms with Gasteiger partial charge in [0, 0.05) is 5.41 Å². The fourth-order valence-electron chi connectivity index (χ4n) is 3.87. The number of amides is 1. The molecule has 0 unspecified atom stereocenters. The second-order valence-electron chi connectivity index (χ2n) is 7.14. The molecule has 4 N–H and O–H groups in total. The molecule has 5 nitrogen and oxygen atoms in total. The molecule has 0 atom stereocenters. The maximum atomic E-state index is 12.7. The lowest BCUT2D eigenvalue weighted by Crippen LogP contribution is -2.61. The summed E-state index contributed by atoms with van der Waals surface area (Å²) in [6, 6.07) is 0. The summed E-state index contributed by atoms with van der Waals surface area (Å²) >= 11 is 0. The third kappa shape index (κ3) is 3.16. The summed E-state index contributed by atoms with van der Waals surface area (Å²) in [6.45, 7) is 4.23. The van der Waals surface area contributed by atoms with Crippen LogP contribution in [0.5, 0.6) is 0 Å². The zero-order valence-electron chi connectivity index (χ0n) is 13.3. The largest absolute Gasteiger partial charge is 0.409 e. The van der Waals surface area contributed by atoms with E-state index in [1.807, 2.05) is 6.92 Å². The first-order valence-corrected chi connectivity index (χ1v) is 8.26. The lowest BCUT2D eigenvalue weighted by atomic mass is 9.74. The van der Waals surface area contributed by atoms with Crippen LogP contribution in [0.25, 0.3) is 0 Å². The first-order valence-electron chi connectivity index (χ1n) is 8.26. The van der Waals surface area contributed by atoms with Crippen molar-refractivity contribution in [3.63, 3.8) is 0 Å². The second kappa shape index (κ2) is 6.24. The molecule has 2 rings (SSSR count). The first-order chi connectivity index (χ1) is 9.96. The van der Waals surface area contributed by atoms with Crippen molar-refractivity contribution in [3.05, 3.63) is 0 Å². The molecule has 21 heavy (non-hydrogen) atoms. The summed E-state index contributed by atoms with van der Waals surface area (Å²) in [7, 11) is 0. The van der Waals surface area contributed by atoms with Crippen molar-refractivity contribution >= 4 is 11.7 Å². The molecule has 2 aliphatic carbocycles. The van der Waals surface area contributed by atoms with Crippen molar-refractivity contribution in [2.45, 2.75) is 77.2 Å². The molecule has 0 bridgehead atoms. The third-order valence-corrected chi connectivity index (χ3v) is 5.74. The Morgan fingerprint density at radius 1 is 1.29 bits per heavy atom. The molecular weight excluding hydrogens is 266 g/mol. The summed E-state index contributed by atoms with van der Waals surface area (Å²) in [4.78, 5) is 12.7. The molecule has 0 aromatic carbocycles. The zero-order chi connectivity index (χ0) is 15.5. The normalized spacial score (nSPS) is 32.9. The van der Waals surface area contributed by atoms with Crippen molar-refractivity contribution < 1.29 is 10.0 Å². The average molecular weight is 295 g/mol. The van der Waals surface area contributed by atoms with Crippen LogP contribution in [0, 0.1) is 11.3 Å². The van der Waals surface area contributed by atoms with Crippen LogP contribution in [0.15, 0.2) is 5.16 Å². The van der Waals surface area contributed by atoms with E-state index in [0.29, 0.717) is 5.92 Å². The summed E-state index contributed by atoms with van der Waals surface area (Å²) in [5, 5.41) is 15.5. The van der Waals surface area contributed by atoms with Gasteiger partial charge in [-0.05, 0) is 44.4 Å². The first kappa shape index (κ1) is 16.1. The van der Waals surface area contributed by atoms with E-state index in [1.54, 1.807) is 0 Å². The smallest absolute Gasteiger partial charge is 0.226 e. The molecule has 5 heteroatoms. The molecule has 0 aromatic rings. The topological polar surface area (TPSA) is 87.7 Å². The number of hydrogen-bond donors (Lipinski definition) is 3. The highest BCUT2D eigenvalue weighted by Gasteiger charge is 2.45. The van der Waals surface area contributed by atoms with E-state index < -0.39 is 5.54 Å². The summed E-state index contributed by atoms with van der Waals surface area (Å²) in [6.07, 6.45) is 8.81. The minimum Gasteiger partial charge on any atom is -0.409 e. The third-order valence-electron chi connectivity index (χ3n) is 5.74. The Kier molecular flexibility index (Phi) is 4.79. The maximum absolute atomic E-state index is 12.7. The van der Waals surface area contributed by atoms with Gasteiger partial charge in [0.2, 0.25) is 5.91 Å². The van der Waals surface area contributed by atoms with Crippen LogP contribution in [-0.2, 0) is 4.79 Å². The van der Waals surface area contributed by atoms with Gasteiger partial charge in [-0.3, -0.25) is 4.79 Å². The molecule has 0 spiro atoms. The highest BCUT2D eigenvalue weighted by atomic mass is 16.4. The molecule has 120 valence electrons. The van der Waals surface area contributed by atoms with Crippen LogP contribution in [0.4, 0.5) is 0 Å². The van der Waals surface area contributed by atoms with Crippen LogP contribution in [0.1, 0.15) is 71.6 Å². The standard InChI is InChI=1S/C16H29N3O2/c1-3-12-6-10-16(11-7-12,13(17)19-21)18-14(20)15(2)8-4-5-9-15/h12,21H,3-11H2,1-2H3,(H2,17,19)(H,18,20). The second-order valence-corrected chi connectivity index (χ2v) is 7.14. The highest BCUT2D eigenvalue weighted by molar-refractivity contribution is 5.95. The lowest BCUT2D eigenvalue weighted by Gasteiger charge is -2.41. The van der Waals surface area contributed by atoms with E-state index in [1.165, 1.54) is 0 Å². The van der Waals surface area contributed by atoms with Crippen LogP contribution in [0.3, 0.4) is 0 Å². The van der Waals surface area contributed by atoms with Crippen molar-refractivity contribution in [2.24, 2.45) is 22.2 Å². The summed E-state index contributed by atoms with van der Waals surface area (Å²) < 4.78 is 0. The monoisotopic (exact) mass is 295 g/mol. The number of oxime groups is 1. The molecule has 0 aromatic heterocycles. The quantitative estimate of drug-likeness (QED) is 0.322. The van der Waals surface area contributed by atoms with E-state index >= 15 is 0 Å². The molecule has 2 fully saturated rings. The molecular formula is C16H29N3O2.